The number of rotatable bonds is 8. The van der Waals surface area contributed by atoms with E-state index in [4.69, 9.17) is 15.0 Å². The summed E-state index contributed by atoms with van der Waals surface area (Å²) in [5.74, 6) is 1.90. The highest BCUT2D eigenvalue weighted by Gasteiger charge is 2.16. The number of hydrogen-bond donors (Lipinski definition) is 0. The first kappa shape index (κ1) is 35.9. The molecule has 0 radical (unpaired) electrons. The van der Waals surface area contributed by atoms with Crippen molar-refractivity contribution in [2.75, 3.05) is 0 Å². The fraction of sp³-hybridized carbons (Fsp3) is 0. The van der Waals surface area contributed by atoms with E-state index in [1.807, 2.05) is 36.4 Å². The minimum Gasteiger partial charge on any atom is -0.309 e. The molecule has 0 saturated heterocycles. The van der Waals surface area contributed by atoms with Crippen LogP contribution in [0.4, 0.5) is 0 Å². The van der Waals surface area contributed by atoms with Gasteiger partial charge in [-0.1, -0.05) is 194 Å². The van der Waals surface area contributed by atoms with Crippen molar-refractivity contribution in [1.82, 2.24) is 19.5 Å². The topological polar surface area (TPSA) is 43.6 Å². The number of hydrogen-bond acceptors (Lipinski definition) is 3. The van der Waals surface area contributed by atoms with Crippen LogP contribution >= 0.6 is 0 Å². The molecule has 9 aromatic carbocycles. The van der Waals surface area contributed by atoms with Crippen LogP contribution in [0.2, 0.25) is 0 Å². The number of benzene rings is 9. The van der Waals surface area contributed by atoms with Crippen LogP contribution in [-0.2, 0) is 0 Å². The van der Waals surface area contributed by atoms with E-state index in [1.54, 1.807) is 0 Å². The molecule has 4 nitrogen and oxygen atoms in total. The molecule has 0 aliphatic rings. The lowest BCUT2D eigenvalue weighted by atomic mass is 9.99. The Morgan fingerprint density at radius 3 is 1.26 bits per heavy atom. The van der Waals surface area contributed by atoms with Crippen molar-refractivity contribution in [1.29, 1.82) is 0 Å². The van der Waals surface area contributed by atoms with Gasteiger partial charge in [-0.3, -0.25) is 0 Å². The minimum atomic E-state index is 0.626. The molecular formula is C57H38N4. The molecule has 0 atom stereocenters. The average molecular weight is 779 g/mol. The third kappa shape index (κ3) is 6.96. The zero-order valence-corrected chi connectivity index (χ0v) is 33.2. The highest BCUT2D eigenvalue weighted by molar-refractivity contribution is 6.10. The Labute approximate surface area is 354 Å². The highest BCUT2D eigenvalue weighted by atomic mass is 15.0. The Morgan fingerprint density at radius 2 is 0.607 bits per heavy atom. The van der Waals surface area contributed by atoms with Crippen LogP contribution < -0.4 is 0 Å². The van der Waals surface area contributed by atoms with Crippen molar-refractivity contribution in [2.45, 2.75) is 0 Å². The molecule has 0 amide bonds. The van der Waals surface area contributed by atoms with E-state index in [2.05, 4.69) is 199 Å². The molecular weight excluding hydrogens is 741 g/mol. The zero-order valence-electron chi connectivity index (χ0n) is 33.2. The van der Waals surface area contributed by atoms with Gasteiger partial charge in [0.2, 0.25) is 0 Å². The van der Waals surface area contributed by atoms with Gasteiger partial charge in [0.25, 0.3) is 0 Å². The van der Waals surface area contributed by atoms with Crippen LogP contribution in [0.5, 0.6) is 0 Å². The maximum absolute atomic E-state index is 5.10. The quantitative estimate of drug-likeness (QED) is 0.154. The van der Waals surface area contributed by atoms with Crippen LogP contribution in [0, 0.1) is 0 Å². The summed E-state index contributed by atoms with van der Waals surface area (Å²) >= 11 is 0. The summed E-state index contributed by atoms with van der Waals surface area (Å²) in [5.41, 5.74) is 15.5. The first-order valence-corrected chi connectivity index (χ1v) is 20.6. The van der Waals surface area contributed by atoms with E-state index >= 15 is 0 Å². The number of nitrogens with zero attached hydrogens (tertiary/aromatic N) is 4. The Balaban J connectivity index is 0.997. The molecule has 0 aliphatic heterocycles. The lowest BCUT2D eigenvalue weighted by Gasteiger charge is -2.12. The molecule has 0 spiro atoms. The monoisotopic (exact) mass is 778 g/mol. The highest BCUT2D eigenvalue weighted by Crippen LogP contribution is 2.37. The normalized spacial score (nSPS) is 11.3. The molecule has 0 unspecified atom stereocenters. The molecule has 0 aliphatic carbocycles. The minimum absolute atomic E-state index is 0.626. The van der Waals surface area contributed by atoms with E-state index < -0.39 is 0 Å². The summed E-state index contributed by atoms with van der Waals surface area (Å²) in [6, 6.07) is 81.3. The maximum atomic E-state index is 5.10. The van der Waals surface area contributed by atoms with E-state index in [-0.39, 0.29) is 0 Å². The maximum Gasteiger partial charge on any atom is 0.164 e. The predicted molar refractivity (Wildman–Crippen MR) is 252 cm³/mol. The molecule has 0 bridgehead atoms. The van der Waals surface area contributed by atoms with E-state index in [9.17, 15) is 0 Å². The van der Waals surface area contributed by atoms with Gasteiger partial charge in [0.05, 0.1) is 11.0 Å². The first-order valence-electron chi connectivity index (χ1n) is 20.6. The van der Waals surface area contributed by atoms with Gasteiger partial charge in [0.1, 0.15) is 0 Å². The predicted octanol–water partition coefficient (Wildman–Crippen LogP) is 14.6. The SMILES string of the molecule is c1ccc(-c2ccc(-c3nc(-c4ccccc4)nc(-c4cccc(-c5ccc6c7ccccc7n(-c7cccc(-c8cccc(-c9ccccc9)c8)c7)c6c5)c4)n3)cc2)cc1. The first-order chi connectivity index (χ1) is 30.2. The number of para-hydroxylation sites is 1. The summed E-state index contributed by atoms with van der Waals surface area (Å²) in [6.45, 7) is 0. The second kappa shape index (κ2) is 15.5. The second-order valence-electron chi connectivity index (χ2n) is 15.3. The fourth-order valence-corrected chi connectivity index (χ4v) is 8.39. The third-order valence-corrected chi connectivity index (χ3v) is 11.5. The molecule has 61 heavy (non-hydrogen) atoms. The van der Waals surface area contributed by atoms with Crippen molar-refractivity contribution < 1.29 is 0 Å². The van der Waals surface area contributed by atoms with Crippen molar-refractivity contribution >= 4 is 21.8 Å². The van der Waals surface area contributed by atoms with Crippen molar-refractivity contribution in [3.8, 4) is 84.4 Å². The molecule has 4 heteroatoms. The molecule has 0 N–H and O–H groups in total. The molecule has 286 valence electrons. The molecule has 2 heterocycles. The summed E-state index contributed by atoms with van der Waals surface area (Å²) in [6.07, 6.45) is 0. The Bertz CT molecular complexity index is 3340. The van der Waals surface area contributed by atoms with Gasteiger partial charge in [0.15, 0.2) is 17.5 Å². The molecule has 0 fully saturated rings. The molecule has 2 aromatic heterocycles. The Kier molecular flexibility index (Phi) is 9.14. The van der Waals surface area contributed by atoms with E-state index in [0.29, 0.717) is 17.5 Å². The smallest absolute Gasteiger partial charge is 0.164 e. The fourth-order valence-electron chi connectivity index (χ4n) is 8.39. The average Bonchev–Trinajstić information content (AvgIpc) is 3.68. The second-order valence-corrected chi connectivity index (χ2v) is 15.3. The summed E-state index contributed by atoms with van der Waals surface area (Å²) < 4.78 is 2.40. The zero-order chi connectivity index (χ0) is 40.5. The summed E-state index contributed by atoms with van der Waals surface area (Å²) in [4.78, 5) is 15.2. The van der Waals surface area contributed by atoms with Gasteiger partial charge in [0, 0.05) is 33.2 Å². The van der Waals surface area contributed by atoms with Crippen molar-refractivity contribution in [3.05, 3.63) is 231 Å². The van der Waals surface area contributed by atoms with Gasteiger partial charge < -0.3 is 4.57 Å². The Hall–Kier alpha value is -8.21. The number of fused-ring (bicyclic) bond motifs is 3. The third-order valence-electron chi connectivity index (χ3n) is 11.5. The summed E-state index contributed by atoms with van der Waals surface area (Å²) in [7, 11) is 0. The van der Waals surface area contributed by atoms with Crippen LogP contribution in [0.3, 0.4) is 0 Å². The Morgan fingerprint density at radius 1 is 0.230 bits per heavy atom. The summed E-state index contributed by atoms with van der Waals surface area (Å²) in [5, 5.41) is 2.43. The van der Waals surface area contributed by atoms with Gasteiger partial charge in [-0.15, -0.1) is 0 Å². The van der Waals surface area contributed by atoms with Crippen molar-refractivity contribution in [2.24, 2.45) is 0 Å². The van der Waals surface area contributed by atoms with Crippen LogP contribution in [-0.4, -0.2) is 19.5 Å². The van der Waals surface area contributed by atoms with Gasteiger partial charge in [-0.25, -0.2) is 15.0 Å². The van der Waals surface area contributed by atoms with Gasteiger partial charge in [-0.2, -0.15) is 0 Å². The van der Waals surface area contributed by atoms with E-state index in [1.165, 1.54) is 44.1 Å². The van der Waals surface area contributed by atoms with Gasteiger partial charge >= 0.3 is 0 Å². The molecule has 11 aromatic rings. The molecule has 11 rings (SSSR count). The lowest BCUT2D eigenvalue weighted by molar-refractivity contribution is 1.07. The number of aromatic nitrogens is 4. The van der Waals surface area contributed by atoms with Crippen molar-refractivity contribution in [3.63, 3.8) is 0 Å². The standard InChI is InChI=1S/C57H38N4/c1-4-15-39(16-5-1)41-29-31-43(32-30-41)56-58-55(42-19-8-3-9-20-42)59-57(60-56)49-25-13-23-46(36-49)48-33-34-52-51-27-10-11-28-53(51)61(54(52)38-48)50-26-14-24-47(37-50)45-22-12-21-44(35-45)40-17-6-2-7-18-40/h1-38H. The van der Waals surface area contributed by atoms with Crippen LogP contribution in [0.25, 0.3) is 106 Å². The van der Waals surface area contributed by atoms with E-state index in [0.717, 1.165) is 44.6 Å². The van der Waals surface area contributed by atoms with Crippen LogP contribution in [0.1, 0.15) is 0 Å². The van der Waals surface area contributed by atoms with Gasteiger partial charge in [-0.05, 0) is 80.9 Å². The lowest BCUT2D eigenvalue weighted by Crippen LogP contribution is -2.00. The van der Waals surface area contributed by atoms with Crippen LogP contribution in [0.15, 0.2) is 231 Å². The molecule has 0 saturated carbocycles. The largest absolute Gasteiger partial charge is 0.309 e.